The van der Waals surface area contributed by atoms with Crippen LogP contribution in [0.3, 0.4) is 0 Å². The van der Waals surface area contributed by atoms with E-state index in [2.05, 4.69) is 11.4 Å². The van der Waals surface area contributed by atoms with Gasteiger partial charge in [0.15, 0.2) is 0 Å². The van der Waals surface area contributed by atoms with Crippen LogP contribution in [0.25, 0.3) is 16.0 Å². The van der Waals surface area contributed by atoms with Gasteiger partial charge in [0, 0.05) is 15.3 Å². The molecule has 0 spiro atoms. The van der Waals surface area contributed by atoms with E-state index in [9.17, 15) is 4.39 Å². The molecule has 0 aliphatic carbocycles. The van der Waals surface area contributed by atoms with Crippen molar-refractivity contribution in [1.82, 2.24) is 0 Å². The molecule has 0 radical (unpaired) electrons. The summed E-state index contributed by atoms with van der Waals surface area (Å²) >= 11 is 3.24. The Morgan fingerprint density at radius 3 is 2.30 bits per heavy atom. The maximum atomic E-state index is 14.9. The van der Waals surface area contributed by atoms with Gasteiger partial charge >= 0.3 is 7.12 Å². The fourth-order valence-corrected chi connectivity index (χ4v) is 4.08. The molecule has 0 bridgehead atoms. The van der Waals surface area contributed by atoms with Crippen LogP contribution in [0.2, 0.25) is 0 Å². The van der Waals surface area contributed by atoms with E-state index in [1.165, 1.54) is 5.56 Å². The first-order valence-corrected chi connectivity index (χ1v) is 9.32. The van der Waals surface area contributed by atoms with E-state index in [1.807, 2.05) is 45.2 Å². The van der Waals surface area contributed by atoms with Gasteiger partial charge in [0.1, 0.15) is 5.73 Å². The van der Waals surface area contributed by atoms with Crippen LogP contribution < -0.4 is 0 Å². The maximum Gasteiger partial charge on any atom is 0.525 e. The lowest BCUT2D eigenvalue weighted by molar-refractivity contribution is 0.00578. The summed E-state index contributed by atoms with van der Waals surface area (Å²) in [6.45, 7) is 9.49. The Kier molecular flexibility index (Phi) is 4.30. The van der Waals surface area contributed by atoms with Crippen molar-refractivity contribution < 1.29 is 13.7 Å². The second kappa shape index (κ2) is 5.85. The molecule has 3 rings (SSSR count). The Hall–Kier alpha value is -0.945. The molecular weight excluding hydrogens is 330 g/mol. The third-order valence-corrected chi connectivity index (χ3v) is 6.54. The van der Waals surface area contributed by atoms with E-state index < -0.39 is 18.3 Å². The average molecular weight is 350 g/mol. The Labute approximate surface area is 145 Å². The molecule has 0 unspecified atom stereocenters. The molecule has 122 valence electrons. The van der Waals surface area contributed by atoms with Crippen molar-refractivity contribution in [1.29, 1.82) is 0 Å². The first kappa shape index (κ1) is 16.9. The SMILES string of the molecule is CC(=C(F)B1OC(C)(C)C(C)(C)O1)c1ccc(-c2ccsc2)s1. The molecule has 1 aliphatic rings. The van der Waals surface area contributed by atoms with E-state index in [-0.39, 0.29) is 5.73 Å². The zero-order chi connectivity index (χ0) is 16.8. The highest BCUT2D eigenvalue weighted by Gasteiger charge is 2.53. The second-order valence-corrected chi connectivity index (χ2v) is 8.60. The quantitative estimate of drug-likeness (QED) is 0.651. The molecule has 0 amide bonds. The molecule has 0 saturated carbocycles. The molecule has 1 aliphatic heterocycles. The van der Waals surface area contributed by atoms with Crippen LogP contribution in [-0.2, 0) is 9.31 Å². The Morgan fingerprint density at radius 2 is 1.74 bits per heavy atom. The van der Waals surface area contributed by atoms with Crippen LogP contribution in [0.1, 0.15) is 39.5 Å². The summed E-state index contributed by atoms with van der Waals surface area (Å²) in [7, 11) is -0.938. The standard InChI is InChI=1S/C17H20BFO2S2/c1-11(13-6-7-14(23-13)12-8-9-22-10-12)15(19)18-20-16(2,3)17(4,5)21-18/h6-10H,1-5H3. The summed E-state index contributed by atoms with van der Waals surface area (Å²) in [5.41, 5.74) is 0.339. The van der Waals surface area contributed by atoms with Crippen molar-refractivity contribution >= 4 is 35.4 Å². The predicted molar refractivity (Wildman–Crippen MR) is 97.4 cm³/mol. The van der Waals surface area contributed by atoms with E-state index >= 15 is 0 Å². The number of hydrogen-bond donors (Lipinski definition) is 0. The van der Waals surface area contributed by atoms with Gasteiger partial charge in [-0.3, -0.25) is 0 Å². The summed E-state index contributed by atoms with van der Waals surface area (Å²) in [4.78, 5) is 2.04. The van der Waals surface area contributed by atoms with Crippen molar-refractivity contribution in [2.45, 2.75) is 45.8 Å². The third-order valence-electron chi connectivity index (χ3n) is 4.60. The molecule has 2 nitrogen and oxygen atoms in total. The van der Waals surface area contributed by atoms with E-state index in [4.69, 9.17) is 9.31 Å². The summed E-state index contributed by atoms with van der Waals surface area (Å²) in [5, 5.41) is 4.14. The average Bonchev–Trinajstić information content (AvgIpc) is 3.17. The highest BCUT2D eigenvalue weighted by Crippen LogP contribution is 2.41. The van der Waals surface area contributed by atoms with Crippen LogP contribution in [-0.4, -0.2) is 18.3 Å². The van der Waals surface area contributed by atoms with Gasteiger partial charge in [0.2, 0.25) is 0 Å². The van der Waals surface area contributed by atoms with Gasteiger partial charge in [-0.15, -0.1) is 11.3 Å². The number of rotatable bonds is 3. The first-order chi connectivity index (χ1) is 10.7. The predicted octanol–water partition coefficient (Wildman–Crippen LogP) is 5.81. The van der Waals surface area contributed by atoms with Crippen molar-refractivity contribution in [3.8, 4) is 10.4 Å². The first-order valence-electron chi connectivity index (χ1n) is 7.56. The van der Waals surface area contributed by atoms with Gasteiger partial charge in [0.25, 0.3) is 0 Å². The van der Waals surface area contributed by atoms with Crippen molar-refractivity contribution in [3.63, 3.8) is 0 Å². The van der Waals surface area contributed by atoms with E-state index in [1.54, 1.807) is 29.6 Å². The monoisotopic (exact) mass is 350 g/mol. The maximum absolute atomic E-state index is 14.9. The zero-order valence-electron chi connectivity index (χ0n) is 14.0. The number of allylic oxidation sites excluding steroid dienone is 1. The van der Waals surface area contributed by atoms with Crippen LogP contribution in [0.15, 0.2) is 34.7 Å². The smallest absolute Gasteiger partial charge is 0.398 e. The minimum Gasteiger partial charge on any atom is -0.398 e. The zero-order valence-corrected chi connectivity index (χ0v) is 15.6. The molecule has 6 heteroatoms. The molecule has 3 heterocycles. The minimum absolute atomic E-state index is 0.345. The van der Waals surface area contributed by atoms with Gasteiger partial charge < -0.3 is 9.31 Å². The van der Waals surface area contributed by atoms with E-state index in [0.717, 1.165) is 9.75 Å². The van der Waals surface area contributed by atoms with Crippen LogP contribution >= 0.6 is 22.7 Å². The highest BCUT2D eigenvalue weighted by atomic mass is 32.1. The van der Waals surface area contributed by atoms with Crippen molar-refractivity contribution in [2.75, 3.05) is 0 Å². The number of halogens is 1. The van der Waals surface area contributed by atoms with Gasteiger partial charge in [-0.2, -0.15) is 11.3 Å². The molecule has 1 fully saturated rings. The highest BCUT2D eigenvalue weighted by molar-refractivity contribution is 7.17. The van der Waals surface area contributed by atoms with Gasteiger partial charge in [-0.1, -0.05) is 0 Å². The van der Waals surface area contributed by atoms with E-state index in [0.29, 0.717) is 5.57 Å². The Balaban J connectivity index is 1.87. The summed E-state index contributed by atoms with van der Waals surface area (Å²) in [6.07, 6.45) is 0. The van der Waals surface area contributed by atoms with Crippen LogP contribution in [0.5, 0.6) is 0 Å². The molecule has 0 aromatic carbocycles. The number of thiophene rings is 2. The lowest BCUT2D eigenvalue weighted by Gasteiger charge is -2.32. The van der Waals surface area contributed by atoms with Gasteiger partial charge in [0.05, 0.1) is 11.2 Å². The van der Waals surface area contributed by atoms with Crippen LogP contribution in [0, 0.1) is 0 Å². The van der Waals surface area contributed by atoms with Gasteiger partial charge in [-0.05, 0) is 69.2 Å². The lowest BCUT2D eigenvalue weighted by atomic mass is 9.84. The molecule has 2 aromatic heterocycles. The second-order valence-electron chi connectivity index (χ2n) is 6.74. The Bertz CT molecular complexity index is 716. The fourth-order valence-electron chi connectivity index (χ4n) is 2.34. The fraction of sp³-hybridized carbons (Fsp3) is 0.412. The van der Waals surface area contributed by atoms with Gasteiger partial charge in [-0.25, -0.2) is 4.39 Å². The van der Waals surface area contributed by atoms with Crippen LogP contribution in [0.4, 0.5) is 4.39 Å². The summed E-state index contributed by atoms with van der Waals surface area (Å²) < 4.78 is 26.5. The molecular formula is C17H20BFO2S2. The molecule has 1 saturated heterocycles. The molecule has 2 aromatic rings. The number of hydrogen-bond acceptors (Lipinski definition) is 4. The molecule has 23 heavy (non-hydrogen) atoms. The lowest BCUT2D eigenvalue weighted by Crippen LogP contribution is -2.41. The Morgan fingerprint density at radius 1 is 1.09 bits per heavy atom. The summed E-state index contributed by atoms with van der Waals surface area (Å²) in [5.74, 6) is 0. The normalized spacial score (nSPS) is 20.7. The molecule has 0 N–H and O–H groups in total. The topological polar surface area (TPSA) is 18.5 Å². The third kappa shape index (κ3) is 3.05. The largest absolute Gasteiger partial charge is 0.525 e. The summed E-state index contributed by atoms with van der Waals surface area (Å²) in [6, 6.07) is 6.06. The van der Waals surface area contributed by atoms with Crippen molar-refractivity contribution in [2.24, 2.45) is 0 Å². The minimum atomic E-state index is -0.938. The molecule has 0 atom stereocenters. The van der Waals surface area contributed by atoms with Crippen molar-refractivity contribution in [3.05, 3.63) is 39.6 Å².